The fourth-order valence-electron chi connectivity index (χ4n) is 0. The SMILES string of the molecule is CBr.CCl. The lowest BCUT2D eigenvalue weighted by Crippen LogP contribution is -0.852. The van der Waals surface area contributed by atoms with E-state index in [0.717, 1.165) is 0 Å². The molecule has 0 aliphatic heterocycles. The van der Waals surface area contributed by atoms with Gasteiger partial charge in [0, 0.05) is 6.38 Å². The van der Waals surface area contributed by atoms with E-state index in [1.54, 1.807) is 0 Å². The molecule has 0 radical (unpaired) electrons. The summed E-state index contributed by atoms with van der Waals surface area (Å²) in [6.45, 7) is 0. The summed E-state index contributed by atoms with van der Waals surface area (Å²) in [5, 5.41) is 0. The van der Waals surface area contributed by atoms with Crippen LogP contribution in [-0.4, -0.2) is 12.2 Å². The van der Waals surface area contributed by atoms with Crippen LogP contribution < -0.4 is 0 Å². The lowest BCUT2D eigenvalue weighted by molar-refractivity contribution is 2.46. The first-order chi connectivity index (χ1) is 2.00. The largest absolute Gasteiger partial charge is 0.130 e. The molecule has 0 atom stereocenters. The third kappa shape index (κ3) is 14.6. The molecule has 0 heterocycles. The van der Waals surface area contributed by atoms with Crippen LogP contribution in [0.3, 0.4) is 0 Å². The second kappa shape index (κ2) is 48.8. The van der Waals surface area contributed by atoms with Crippen LogP contribution in [0.25, 0.3) is 0 Å². The Morgan fingerprint density at radius 3 is 1.25 bits per heavy atom. The van der Waals surface area contributed by atoms with Gasteiger partial charge in [0.2, 0.25) is 0 Å². The van der Waals surface area contributed by atoms with Gasteiger partial charge in [-0.3, -0.25) is 0 Å². The second-order valence-electron chi connectivity index (χ2n) is 0. The summed E-state index contributed by atoms with van der Waals surface area (Å²) in [4.78, 5) is 0. The van der Waals surface area contributed by atoms with Gasteiger partial charge in [-0.2, -0.15) is 0 Å². The molecule has 0 fully saturated rings. The van der Waals surface area contributed by atoms with Gasteiger partial charge >= 0.3 is 0 Å². The third-order valence-corrected chi connectivity index (χ3v) is 0. The van der Waals surface area contributed by atoms with Gasteiger partial charge in [-0.15, -0.1) is 11.6 Å². The van der Waals surface area contributed by atoms with Crippen molar-refractivity contribution in [2.24, 2.45) is 0 Å². The van der Waals surface area contributed by atoms with E-state index < -0.39 is 0 Å². The number of alkyl halides is 2. The standard InChI is InChI=1S/CH3Br.CH3Cl/c2*1-2/h2*1H3. The predicted octanol–water partition coefficient (Wildman–Crippen LogP) is 1.87. The average Bonchev–Trinajstić information content (AvgIpc) is 1.50. The first-order valence-corrected chi connectivity index (χ1v) is 3.10. The molecule has 0 saturated heterocycles. The molecule has 0 aromatic carbocycles. The van der Waals surface area contributed by atoms with Gasteiger partial charge < -0.3 is 0 Å². The zero-order valence-electron chi connectivity index (χ0n) is 2.76. The molecule has 0 aromatic rings. The van der Waals surface area contributed by atoms with E-state index >= 15 is 0 Å². The Morgan fingerprint density at radius 2 is 1.25 bits per heavy atom. The van der Waals surface area contributed by atoms with Crippen molar-refractivity contribution in [3.63, 3.8) is 0 Å². The number of hydrogen-bond donors (Lipinski definition) is 0. The molecule has 0 aliphatic rings. The Kier molecular flexibility index (Phi) is 108. The maximum Gasteiger partial charge on any atom is 0.0108 e. The van der Waals surface area contributed by atoms with Gasteiger partial charge in [0.25, 0.3) is 0 Å². The van der Waals surface area contributed by atoms with Gasteiger partial charge in [-0.1, -0.05) is 15.9 Å². The molecule has 0 spiro atoms. The van der Waals surface area contributed by atoms with E-state index in [4.69, 9.17) is 0 Å². The summed E-state index contributed by atoms with van der Waals surface area (Å²) < 4.78 is 0. The molecule has 0 aromatic heterocycles. The fourth-order valence-corrected chi connectivity index (χ4v) is 0. The molecule has 0 bridgehead atoms. The summed E-state index contributed by atoms with van der Waals surface area (Å²) >= 11 is 7.58. The van der Waals surface area contributed by atoms with Crippen molar-refractivity contribution in [2.75, 3.05) is 12.2 Å². The van der Waals surface area contributed by atoms with Crippen molar-refractivity contribution < 1.29 is 0 Å². The van der Waals surface area contributed by atoms with E-state index in [1.165, 1.54) is 6.38 Å². The molecule has 0 nitrogen and oxygen atoms in total. The number of halogens is 2. The number of rotatable bonds is 0. The van der Waals surface area contributed by atoms with Crippen LogP contribution in [0, 0.1) is 0 Å². The first-order valence-electron chi connectivity index (χ1n) is 0.756. The third-order valence-electron chi connectivity index (χ3n) is 0. The Balaban J connectivity index is 0. The van der Waals surface area contributed by atoms with Gasteiger partial charge in [0.05, 0.1) is 0 Å². The van der Waals surface area contributed by atoms with Crippen molar-refractivity contribution in [3.8, 4) is 0 Å². The van der Waals surface area contributed by atoms with E-state index in [0.29, 0.717) is 0 Å². The van der Waals surface area contributed by atoms with E-state index in [-0.39, 0.29) is 0 Å². The normalized spacial score (nSPS) is 3.00. The van der Waals surface area contributed by atoms with E-state index in [2.05, 4.69) is 27.5 Å². The molecular formula is C2H6BrCl. The minimum absolute atomic E-state index is 1.47. The summed E-state index contributed by atoms with van der Waals surface area (Å²) in [6, 6.07) is 0. The summed E-state index contributed by atoms with van der Waals surface area (Å²) in [7, 11) is 0. The molecule has 0 rings (SSSR count). The minimum Gasteiger partial charge on any atom is -0.130 e. The first kappa shape index (κ1) is 8.84. The predicted molar refractivity (Wildman–Crippen MR) is 26.6 cm³/mol. The molecule has 28 valence electrons. The van der Waals surface area contributed by atoms with E-state index in [9.17, 15) is 0 Å². The highest BCUT2D eigenvalue weighted by molar-refractivity contribution is 9.08. The second-order valence-corrected chi connectivity index (χ2v) is 0. The summed E-state index contributed by atoms with van der Waals surface area (Å²) in [6.07, 6.45) is 1.47. The molecule has 0 unspecified atom stereocenters. The Morgan fingerprint density at radius 1 is 1.25 bits per heavy atom. The highest BCUT2D eigenvalue weighted by Gasteiger charge is 0.949. The van der Waals surface area contributed by atoms with Crippen molar-refractivity contribution in [1.29, 1.82) is 0 Å². The Bertz CT molecular complexity index is 6.00. The zero-order chi connectivity index (χ0) is 4.00. The maximum absolute atomic E-state index is 4.64. The Hall–Kier alpha value is 0.770. The van der Waals surface area contributed by atoms with Crippen LogP contribution in [0.5, 0.6) is 0 Å². The van der Waals surface area contributed by atoms with Gasteiger partial charge in [-0.05, 0) is 5.83 Å². The quantitative estimate of drug-likeness (QED) is 0.457. The fraction of sp³-hybridized carbons (Fsp3) is 1.00. The van der Waals surface area contributed by atoms with Crippen LogP contribution in [0.1, 0.15) is 0 Å². The van der Waals surface area contributed by atoms with Crippen LogP contribution >= 0.6 is 27.5 Å². The molecular weight excluding hydrogens is 139 g/mol. The topological polar surface area (TPSA) is 0 Å². The van der Waals surface area contributed by atoms with Crippen molar-refractivity contribution in [3.05, 3.63) is 0 Å². The van der Waals surface area contributed by atoms with Crippen LogP contribution in [0.4, 0.5) is 0 Å². The van der Waals surface area contributed by atoms with Crippen molar-refractivity contribution >= 4 is 27.5 Å². The van der Waals surface area contributed by atoms with Gasteiger partial charge in [0.1, 0.15) is 0 Å². The molecule has 0 aliphatic carbocycles. The number of hydrogen-bond acceptors (Lipinski definition) is 0. The van der Waals surface area contributed by atoms with Crippen molar-refractivity contribution in [2.45, 2.75) is 0 Å². The smallest absolute Gasteiger partial charge is 0.0108 e. The lowest BCUT2D eigenvalue weighted by atomic mass is 12.0. The maximum atomic E-state index is 4.64. The minimum atomic E-state index is 1.47. The van der Waals surface area contributed by atoms with Crippen LogP contribution in [0.2, 0.25) is 0 Å². The summed E-state index contributed by atoms with van der Waals surface area (Å²) in [5.41, 5.74) is 0. The Labute approximate surface area is 40.3 Å². The summed E-state index contributed by atoms with van der Waals surface area (Å²) in [5.74, 6) is 1.81. The molecule has 0 N–H and O–H groups in total. The monoisotopic (exact) mass is 144 g/mol. The molecule has 4 heavy (non-hydrogen) atoms. The molecule has 0 amide bonds. The van der Waals surface area contributed by atoms with Gasteiger partial charge in [-0.25, -0.2) is 0 Å². The van der Waals surface area contributed by atoms with Crippen LogP contribution in [0.15, 0.2) is 0 Å². The highest BCUT2D eigenvalue weighted by Crippen LogP contribution is 1.45. The van der Waals surface area contributed by atoms with Crippen molar-refractivity contribution in [1.82, 2.24) is 0 Å². The highest BCUT2D eigenvalue weighted by atomic mass is 79.9. The van der Waals surface area contributed by atoms with Gasteiger partial charge in [0.15, 0.2) is 0 Å². The average molecular weight is 145 g/mol. The molecule has 2 heteroatoms. The van der Waals surface area contributed by atoms with Crippen LogP contribution in [-0.2, 0) is 0 Å². The zero-order valence-corrected chi connectivity index (χ0v) is 5.10. The van der Waals surface area contributed by atoms with E-state index in [1.807, 2.05) is 5.83 Å². The lowest BCUT2D eigenvalue weighted by Gasteiger charge is -1.06. The molecule has 0 saturated carbocycles.